The highest BCUT2D eigenvalue weighted by atomic mass is 79.9. The van der Waals surface area contributed by atoms with E-state index in [1.807, 2.05) is 18.0 Å². The average Bonchev–Trinajstić information content (AvgIpc) is 2.77. The van der Waals surface area contributed by atoms with Crippen molar-refractivity contribution in [2.75, 3.05) is 7.05 Å². The first kappa shape index (κ1) is 11.2. The van der Waals surface area contributed by atoms with Gasteiger partial charge in [0, 0.05) is 18.5 Å². The van der Waals surface area contributed by atoms with Crippen molar-refractivity contribution in [3.8, 4) is 0 Å². The Labute approximate surface area is 111 Å². The second-order valence-corrected chi connectivity index (χ2v) is 6.19. The molecule has 17 heavy (non-hydrogen) atoms. The molecule has 0 bridgehead atoms. The number of carbonyl (C=O) groups excluding carboxylic acids is 1. The van der Waals surface area contributed by atoms with Crippen molar-refractivity contribution >= 4 is 43.4 Å². The molecule has 0 spiro atoms. The highest BCUT2D eigenvalue weighted by Gasteiger charge is 2.27. The second kappa shape index (κ2) is 4.10. The van der Waals surface area contributed by atoms with Crippen LogP contribution < -0.4 is 0 Å². The van der Waals surface area contributed by atoms with Crippen molar-refractivity contribution in [3.63, 3.8) is 0 Å². The van der Waals surface area contributed by atoms with Crippen LogP contribution in [0.1, 0.15) is 28.9 Å². The van der Waals surface area contributed by atoms with Crippen LogP contribution in [0.4, 0.5) is 0 Å². The van der Waals surface area contributed by atoms with Crippen LogP contribution >= 0.6 is 27.3 Å². The Morgan fingerprint density at radius 2 is 2.41 bits per heavy atom. The van der Waals surface area contributed by atoms with E-state index in [2.05, 4.69) is 26.1 Å². The molecule has 2 heterocycles. The number of H-pyrrole nitrogens is 1. The summed E-state index contributed by atoms with van der Waals surface area (Å²) < 4.78 is 0.842. The minimum atomic E-state index is 0.115. The van der Waals surface area contributed by atoms with Crippen molar-refractivity contribution < 1.29 is 4.79 Å². The van der Waals surface area contributed by atoms with Gasteiger partial charge in [-0.2, -0.15) is 5.10 Å². The normalized spacial score (nSPS) is 16.1. The second-order valence-electron chi connectivity index (χ2n) is 4.37. The Hall–Kier alpha value is -0.880. The number of nitrogens with one attached hydrogen (secondary N) is 1. The number of halogens is 1. The third-order valence-electron chi connectivity index (χ3n) is 3.36. The van der Waals surface area contributed by atoms with Crippen molar-refractivity contribution in [2.24, 2.45) is 0 Å². The molecule has 0 unspecified atom stereocenters. The number of aromatic nitrogens is 2. The lowest BCUT2D eigenvalue weighted by Crippen LogP contribution is -2.40. The summed E-state index contributed by atoms with van der Waals surface area (Å²) in [7, 11) is 1.89. The van der Waals surface area contributed by atoms with Gasteiger partial charge in [-0.25, -0.2) is 0 Å². The Kier molecular flexibility index (Phi) is 2.71. The standard InChI is InChI=1S/C11H12BrN3OS/c1-15(6-3-2-4-6)11(16)8-5-7-9(12)13-14-10(7)17-8/h5-6H,2-4H2,1H3,(H,13,14). The maximum Gasteiger partial charge on any atom is 0.264 e. The fraction of sp³-hybridized carbons (Fsp3) is 0.455. The summed E-state index contributed by atoms with van der Waals surface area (Å²) in [4.78, 5) is 15.8. The molecule has 2 aromatic rings. The molecule has 3 rings (SSSR count). The molecule has 1 aliphatic carbocycles. The zero-order chi connectivity index (χ0) is 12.0. The van der Waals surface area contributed by atoms with Gasteiger partial charge in [0.1, 0.15) is 9.43 Å². The van der Waals surface area contributed by atoms with E-state index in [-0.39, 0.29) is 5.91 Å². The van der Waals surface area contributed by atoms with Crippen LogP contribution in [0.5, 0.6) is 0 Å². The molecule has 1 saturated carbocycles. The predicted octanol–water partition coefficient (Wildman–Crippen LogP) is 3.01. The van der Waals surface area contributed by atoms with Crippen LogP contribution in [-0.4, -0.2) is 34.1 Å². The first-order chi connectivity index (χ1) is 8.16. The van der Waals surface area contributed by atoms with Crippen LogP contribution in [-0.2, 0) is 0 Å². The summed E-state index contributed by atoms with van der Waals surface area (Å²) >= 11 is 4.83. The molecule has 1 amide bonds. The minimum Gasteiger partial charge on any atom is -0.338 e. The zero-order valence-corrected chi connectivity index (χ0v) is 11.8. The number of hydrogen-bond donors (Lipinski definition) is 1. The Morgan fingerprint density at radius 3 is 3.00 bits per heavy atom. The first-order valence-corrected chi connectivity index (χ1v) is 7.18. The number of fused-ring (bicyclic) bond motifs is 1. The van der Waals surface area contributed by atoms with Crippen LogP contribution in [0.2, 0.25) is 0 Å². The zero-order valence-electron chi connectivity index (χ0n) is 9.36. The molecule has 1 N–H and O–H groups in total. The van der Waals surface area contributed by atoms with Crippen molar-refractivity contribution in [3.05, 3.63) is 15.5 Å². The van der Waals surface area contributed by atoms with Gasteiger partial charge in [-0.05, 0) is 41.3 Å². The van der Waals surface area contributed by atoms with Gasteiger partial charge in [0.2, 0.25) is 0 Å². The van der Waals surface area contributed by atoms with Gasteiger partial charge in [-0.1, -0.05) is 0 Å². The number of amides is 1. The van der Waals surface area contributed by atoms with E-state index in [9.17, 15) is 4.79 Å². The summed E-state index contributed by atoms with van der Waals surface area (Å²) in [6.07, 6.45) is 3.51. The van der Waals surface area contributed by atoms with Gasteiger partial charge in [-0.3, -0.25) is 9.89 Å². The van der Waals surface area contributed by atoms with E-state index in [4.69, 9.17) is 0 Å². The first-order valence-electron chi connectivity index (χ1n) is 5.57. The molecule has 1 fully saturated rings. The molecule has 2 aromatic heterocycles. The third-order valence-corrected chi connectivity index (χ3v) is 4.98. The maximum absolute atomic E-state index is 12.2. The van der Waals surface area contributed by atoms with Gasteiger partial charge < -0.3 is 4.90 Å². The van der Waals surface area contributed by atoms with E-state index in [1.165, 1.54) is 17.8 Å². The largest absolute Gasteiger partial charge is 0.338 e. The third kappa shape index (κ3) is 1.79. The van der Waals surface area contributed by atoms with Gasteiger partial charge in [0.15, 0.2) is 0 Å². The molecule has 1 aliphatic rings. The van der Waals surface area contributed by atoms with Gasteiger partial charge >= 0.3 is 0 Å². The molecule has 6 heteroatoms. The molecular formula is C11H12BrN3OS. The highest BCUT2D eigenvalue weighted by Crippen LogP contribution is 2.31. The molecule has 0 aromatic carbocycles. The SMILES string of the molecule is CN(C(=O)c1cc2c(Br)[nH]nc2s1)C1CCC1. The predicted molar refractivity (Wildman–Crippen MR) is 71.4 cm³/mol. The van der Waals surface area contributed by atoms with E-state index in [0.717, 1.165) is 32.5 Å². The molecule has 0 saturated heterocycles. The minimum absolute atomic E-state index is 0.115. The number of carbonyl (C=O) groups is 1. The lowest BCUT2D eigenvalue weighted by atomic mass is 9.92. The van der Waals surface area contributed by atoms with E-state index in [0.29, 0.717) is 6.04 Å². The average molecular weight is 314 g/mol. The molecule has 0 aliphatic heterocycles. The van der Waals surface area contributed by atoms with Gasteiger partial charge in [0.05, 0.1) is 4.88 Å². The van der Waals surface area contributed by atoms with E-state index >= 15 is 0 Å². The number of rotatable bonds is 2. The molecular weight excluding hydrogens is 302 g/mol. The summed E-state index contributed by atoms with van der Waals surface area (Å²) in [5.74, 6) is 0.115. The van der Waals surface area contributed by atoms with E-state index in [1.54, 1.807) is 0 Å². The number of nitrogens with zero attached hydrogens (tertiary/aromatic N) is 2. The van der Waals surface area contributed by atoms with Crippen molar-refractivity contribution in [2.45, 2.75) is 25.3 Å². The fourth-order valence-electron chi connectivity index (χ4n) is 2.00. The lowest BCUT2D eigenvalue weighted by Gasteiger charge is -2.34. The Morgan fingerprint density at radius 1 is 1.65 bits per heavy atom. The molecule has 0 atom stereocenters. The van der Waals surface area contributed by atoms with Crippen LogP contribution in [0.3, 0.4) is 0 Å². The van der Waals surface area contributed by atoms with Crippen molar-refractivity contribution in [1.82, 2.24) is 15.1 Å². The lowest BCUT2D eigenvalue weighted by molar-refractivity contribution is 0.0657. The highest BCUT2D eigenvalue weighted by molar-refractivity contribution is 9.10. The summed E-state index contributed by atoms with van der Waals surface area (Å²) in [6, 6.07) is 2.34. The van der Waals surface area contributed by atoms with Crippen LogP contribution in [0.25, 0.3) is 10.2 Å². The number of aromatic amines is 1. The smallest absolute Gasteiger partial charge is 0.264 e. The van der Waals surface area contributed by atoms with Crippen molar-refractivity contribution in [1.29, 1.82) is 0 Å². The van der Waals surface area contributed by atoms with E-state index < -0.39 is 0 Å². The van der Waals surface area contributed by atoms with Gasteiger partial charge in [0.25, 0.3) is 5.91 Å². The maximum atomic E-state index is 12.2. The van der Waals surface area contributed by atoms with Crippen LogP contribution in [0.15, 0.2) is 10.7 Å². The number of hydrogen-bond acceptors (Lipinski definition) is 3. The molecule has 4 nitrogen and oxygen atoms in total. The molecule has 90 valence electrons. The quantitative estimate of drug-likeness (QED) is 0.926. The fourth-order valence-corrected chi connectivity index (χ4v) is 3.50. The summed E-state index contributed by atoms with van der Waals surface area (Å²) in [5, 5.41) is 7.97. The van der Waals surface area contributed by atoms with Gasteiger partial charge in [-0.15, -0.1) is 11.3 Å². The molecule has 0 radical (unpaired) electrons. The summed E-state index contributed by atoms with van der Waals surface area (Å²) in [5.41, 5.74) is 0. The van der Waals surface area contributed by atoms with Crippen LogP contribution in [0, 0.1) is 0 Å². The Bertz CT molecular complexity index is 572. The topological polar surface area (TPSA) is 49.0 Å². The monoisotopic (exact) mass is 313 g/mol. The number of thiophene rings is 1. The Balaban J connectivity index is 1.89. The summed E-state index contributed by atoms with van der Waals surface area (Å²) in [6.45, 7) is 0.